The highest BCUT2D eigenvalue weighted by molar-refractivity contribution is 5.86. The molecule has 0 aliphatic rings. The van der Waals surface area contributed by atoms with E-state index in [1.54, 1.807) is 6.08 Å². The first-order chi connectivity index (χ1) is 12.5. The number of aryl methyl sites for hydroxylation is 3. The van der Waals surface area contributed by atoms with Crippen molar-refractivity contribution in [3.8, 4) is 0 Å². The van der Waals surface area contributed by atoms with Gasteiger partial charge in [0.2, 0.25) is 0 Å². The van der Waals surface area contributed by atoms with Crippen LogP contribution in [0.4, 0.5) is 0 Å². The first-order valence-electron chi connectivity index (χ1n) is 8.70. The summed E-state index contributed by atoms with van der Waals surface area (Å²) < 4.78 is 6.80. The average Bonchev–Trinajstić information content (AvgIpc) is 2.98. The molecule has 26 heavy (non-hydrogen) atoms. The van der Waals surface area contributed by atoms with Gasteiger partial charge in [0, 0.05) is 18.2 Å². The fourth-order valence-corrected chi connectivity index (χ4v) is 3.03. The Kier molecular flexibility index (Phi) is 5.16. The largest absolute Gasteiger partial charge is 0.466 e. The van der Waals surface area contributed by atoms with Crippen LogP contribution >= 0.6 is 0 Å². The van der Waals surface area contributed by atoms with E-state index in [2.05, 4.69) is 41.4 Å². The summed E-state index contributed by atoms with van der Waals surface area (Å²) in [5.41, 5.74) is 6.19. The molecule has 0 amide bonds. The number of hydrogen-bond donors (Lipinski definition) is 0. The first kappa shape index (κ1) is 17.9. The highest BCUT2D eigenvalue weighted by Gasteiger charge is 2.13. The Morgan fingerprint density at radius 2 is 1.92 bits per heavy atom. The van der Waals surface area contributed by atoms with E-state index in [4.69, 9.17) is 9.97 Å². The van der Waals surface area contributed by atoms with Crippen LogP contribution in [0, 0.1) is 13.8 Å². The maximum absolute atomic E-state index is 11.2. The van der Waals surface area contributed by atoms with Crippen LogP contribution in [0.5, 0.6) is 0 Å². The zero-order chi connectivity index (χ0) is 18.7. The normalized spacial score (nSPS) is 11.4. The molecule has 3 aromatic rings. The van der Waals surface area contributed by atoms with Crippen molar-refractivity contribution >= 4 is 23.2 Å². The number of esters is 1. The van der Waals surface area contributed by atoms with Gasteiger partial charge >= 0.3 is 5.97 Å². The van der Waals surface area contributed by atoms with Gasteiger partial charge in [-0.05, 0) is 42.7 Å². The molecule has 3 rings (SSSR count). The molecule has 0 aliphatic carbocycles. The van der Waals surface area contributed by atoms with E-state index in [1.165, 1.54) is 13.2 Å². The van der Waals surface area contributed by atoms with Crippen molar-refractivity contribution in [2.75, 3.05) is 7.11 Å². The number of carbonyl (C=O) groups excluding carboxylic acids is 1. The minimum absolute atomic E-state index is 0.358. The Balaban J connectivity index is 1.91. The number of nitrogens with zero attached hydrogens (tertiary/aromatic N) is 3. The lowest BCUT2D eigenvalue weighted by atomic mass is 10.1. The fraction of sp³-hybridized carbons (Fsp3) is 0.286. The number of methoxy groups -OCH3 is 1. The highest BCUT2D eigenvalue weighted by Crippen LogP contribution is 2.21. The lowest BCUT2D eigenvalue weighted by Crippen LogP contribution is -2.05. The van der Waals surface area contributed by atoms with E-state index >= 15 is 0 Å². The molecule has 0 unspecified atom stereocenters. The average molecular weight is 349 g/mol. The maximum Gasteiger partial charge on any atom is 0.330 e. The van der Waals surface area contributed by atoms with Gasteiger partial charge < -0.3 is 9.30 Å². The number of hydrogen-bond acceptors (Lipinski definition) is 4. The second kappa shape index (κ2) is 7.52. The van der Waals surface area contributed by atoms with Gasteiger partial charge in [-0.15, -0.1) is 0 Å². The number of fused-ring (bicyclic) bond motifs is 1. The Morgan fingerprint density at radius 3 is 2.58 bits per heavy atom. The van der Waals surface area contributed by atoms with Crippen molar-refractivity contribution in [3.63, 3.8) is 0 Å². The monoisotopic (exact) mass is 349 g/mol. The second-order valence-electron chi connectivity index (χ2n) is 6.32. The number of pyridine rings is 1. The van der Waals surface area contributed by atoms with Crippen molar-refractivity contribution < 1.29 is 9.53 Å². The summed E-state index contributed by atoms with van der Waals surface area (Å²) in [6.07, 6.45) is 4.02. The molecule has 0 bridgehead atoms. The maximum atomic E-state index is 11.2. The number of carbonyl (C=O) groups is 1. The molecule has 5 heteroatoms. The molecule has 134 valence electrons. The molecule has 5 nitrogen and oxygen atoms in total. The zero-order valence-electron chi connectivity index (χ0n) is 15.6. The highest BCUT2D eigenvalue weighted by atomic mass is 16.5. The van der Waals surface area contributed by atoms with Gasteiger partial charge in [-0.2, -0.15) is 0 Å². The third-order valence-electron chi connectivity index (χ3n) is 4.35. The molecule has 1 aromatic carbocycles. The summed E-state index contributed by atoms with van der Waals surface area (Å²) in [7, 11) is 1.37. The van der Waals surface area contributed by atoms with Crippen molar-refractivity contribution in [1.82, 2.24) is 14.5 Å². The number of imidazole rings is 1. The van der Waals surface area contributed by atoms with Crippen LogP contribution < -0.4 is 0 Å². The van der Waals surface area contributed by atoms with Gasteiger partial charge in [-0.25, -0.2) is 14.8 Å². The van der Waals surface area contributed by atoms with Crippen molar-refractivity contribution in [3.05, 3.63) is 64.6 Å². The van der Waals surface area contributed by atoms with Crippen molar-refractivity contribution in [2.45, 2.75) is 33.7 Å². The van der Waals surface area contributed by atoms with Crippen LogP contribution in [0.15, 0.2) is 36.4 Å². The summed E-state index contributed by atoms with van der Waals surface area (Å²) in [6.45, 7) is 6.92. The summed E-state index contributed by atoms with van der Waals surface area (Å²) in [4.78, 5) is 20.7. The smallest absolute Gasteiger partial charge is 0.330 e. The van der Waals surface area contributed by atoms with E-state index in [9.17, 15) is 4.79 Å². The summed E-state index contributed by atoms with van der Waals surface area (Å²) >= 11 is 0. The first-order valence-corrected chi connectivity index (χ1v) is 8.70. The predicted octanol–water partition coefficient (Wildman–Crippen LogP) is 3.85. The van der Waals surface area contributed by atoms with Crippen molar-refractivity contribution in [2.24, 2.45) is 0 Å². The lowest BCUT2D eigenvalue weighted by Gasteiger charge is -2.09. The van der Waals surface area contributed by atoms with E-state index < -0.39 is 0 Å². The zero-order valence-corrected chi connectivity index (χ0v) is 15.6. The van der Waals surface area contributed by atoms with Gasteiger partial charge in [-0.1, -0.05) is 31.2 Å². The predicted molar refractivity (Wildman–Crippen MR) is 103 cm³/mol. The second-order valence-corrected chi connectivity index (χ2v) is 6.32. The number of ether oxygens (including phenoxy) is 1. The molecule has 0 saturated heterocycles. The Bertz CT molecular complexity index is 969. The molecule has 0 aliphatic heterocycles. The van der Waals surface area contributed by atoms with Crippen LogP contribution in [-0.2, 0) is 22.5 Å². The minimum Gasteiger partial charge on any atom is -0.466 e. The van der Waals surface area contributed by atoms with Crippen molar-refractivity contribution in [1.29, 1.82) is 0 Å². The van der Waals surface area contributed by atoms with E-state index in [1.807, 2.05) is 19.1 Å². The lowest BCUT2D eigenvalue weighted by molar-refractivity contribution is -0.134. The molecule has 0 spiro atoms. The van der Waals surface area contributed by atoms with Gasteiger partial charge in [0.15, 0.2) is 5.65 Å². The summed E-state index contributed by atoms with van der Waals surface area (Å²) in [6, 6.07) is 10.2. The molecule has 0 N–H and O–H groups in total. The Hall–Kier alpha value is -2.95. The number of rotatable bonds is 5. The molecule has 0 fully saturated rings. The quantitative estimate of drug-likeness (QED) is 0.519. The Morgan fingerprint density at radius 1 is 1.19 bits per heavy atom. The molecule has 2 heterocycles. The molecule has 0 saturated carbocycles. The van der Waals surface area contributed by atoms with E-state index in [0.29, 0.717) is 0 Å². The third-order valence-corrected chi connectivity index (χ3v) is 4.35. The molecule has 0 radical (unpaired) electrons. The summed E-state index contributed by atoms with van der Waals surface area (Å²) in [5.74, 6) is 0.680. The van der Waals surface area contributed by atoms with Gasteiger partial charge in [0.25, 0.3) is 0 Å². The van der Waals surface area contributed by atoms with Gasteiger partial charge in [-0.3, -0.25) is 0 Å². The van der Waals surface area contributed by atoms with E-state index in [0.717, 1.165) is 52.3 Å². The van der Waals surface area contributed by atoms with Crippen LogP contribution in [0.25, 0.3) is 17.2 Å². The molecular formula is C21H23N3O2. The van der Waals surface area contributed by atoms with Crippen LogP contribution in [0.3, 0.4) is 0 Å². The van der Waals surface area contributed by atoms with Gasteiger partial charge in [0.05, 0.1) is 13.7 Å². The van der Waals surface area contributed by atoms with Crippen LogP contribution in [0.2, 0.25) is 0 Å². The van der Waals surface area contributed by atoms with Crippen LogP contribution in [-0.4, -0.2) is 27.6 Å². The van der Waals surface area contributed by atoms with E-state index in [-0.39, 0.29) is 5.97 Å². The topological polar surface area (TPSA) is 57.0 Å². The SMILES string of the molecule is CCc1nc2c(C)cc(C)nc2n1Cc1ccc(/C=C/C(=O)OC)cc1. The minimum atomic E-state index is -0.358. The number of aromatic nitrogens is 3. The number of benzene rings is 1. The molecule has 0 atom stereocenters. The van der Waals surface area contributed by atoms with Gasteiger partial charge in [0.1, 0.15) is 11.3 Å². The molecule has 2 aromatic heterocycles. The Labute approximate surface area is 153 Å². The summed E-state index contributed by atoms with van der Waals surface area (Å²) in [5, 5.41) is 0. The standard InChI is InChI=1S/C21H23N3O2/c1-5-18-23-20-14(2)12-15(3)22-21(20)24(18)13-17-8-6-16(7-9-17)10-11-19(25)26-4/h6-12H,5,13H2,1-4H3/b11-10+. The third kappa shape index (κ3) is 3.67. The van der Waals surface area contributed by atoms with Crippen LogP contribution in [0.1, 0.15) is 35.1 Å². The fourth-order valence-electron chi connectivity index (χ4n) is 3.03. The molecular weight excluding hydrogens is 326 g/mol.